The molecule has 0 amide bonds. The van der Waals surface area contributed by atoms with Crippen LogP contribution in [0.5, 0.6) is 0 Å². The van der Waals surface area contributed by atoms with Gasteiger partial charge in [0, 0.05) is 38.9 Å². The second-order valence-corrected chi connectivity index (χ2v) is 9.09. The van der Waals surface area contributed by atoms with Crippen molar-refractivity contribution >= 4 is 14.5 Å². The Hall–Kier alpha value is -0.550. The summed E-state index contributed by atoms with van der Waals surface area (Å²) in [6, 6.07) is 0. The number of ether oxygens (including phenoxy) is 1. The number of unbranched alkanes of at least 4 members (excludes halogenated alkanes) is 2. The third kappa shape index (κ3) is 19.4. The Balaban J connectivity index is 0.000000859. The van der Waals surface area contributed by atoms with Crippen LogP contribution in [0.2, 0.25) is 0 Å². The van der Waals surface area contributed by atoms with E-state index in [9.17, 15) is 34.5 Å². The highest BCUT2D eigenvalue weighted by molar-refractivity contribution is 6.50. The van der Waals surface area contributed by atoms with Gasteiger partial charge in [0.25, 0.3) is 0 Å². The molecule has 0 aromatic carbocycles. The Bertz CT molecular complexity index is 430. The topological polar surface area (TPSA) is 9.23 Å². The smallest absolute Gasteiger partial charge is 0.418 e. The number of rotatable bonds is 12. The molecule has 0 aromatic rings. The minimum Gasteiger partial charge on any atom is -0.418 e. The summed E-state index contributed by atoms with van der Waals surface area (Å²) < 4.78 is 86.7. The van der Waals surface area contributed by atoms with Gasteiger partial charge in [-0.25, -0.2) is 0 Å². The van der Waals surface area contributed by atoms with Crippen molar-refractivity contribution in [3.8, 4) is 0 Å². The summed E-state index contributed by atoms with van der Waals surface area (Å²) in [5.74, 6) is 0. The molecule has 33 heavy (non-hydrogen) atoms. The zero-order valence-corrected chi connectivity index (χ0v) is 20.2. The maximum atomic E-state index is 9.75. The van der Waals surface area contributed by atoms with Gasteiger partial charge in [0.05, 0.1) is 52.4 Å². The summed E-state index contributed by atoms with van der Waals surface area (Å²) in [7, 11) is -12.0. The molecule has 0 aliphatic carbocycles. The van der Waals surface area contributed by atoms with Crippen molar-refractivity contribution in [2.45, 2.75) is 65.2 Å². The quantitative estimate of drug-likeness (QED) is 0.130. The Morgan fingerprint density at radius 3 is 1.06 bits per heavy atom. The van der Waals surface area contributed by atoms with Crippen molar-refractivity contribution in [2.24, 2.45) is 0 Å². The predicted octanol–water partition coefficient (Wildman–Crippen LogP) is 6.42. The minimum atomic E-state index is -6.00. The highest BCUT2D eigenvalue weighted by Crippen LogP contribution is 2.21. The summed E-state index contributed by atoms with van der Waals surface area (Å²) in [4.78, 5) is 0. The second-order valence-electron chi connectivity index (χ2n) is 9.09. The number of quaternary nitrogens is 2. The molecule has 0 radical (unpaired) electrons. The van der Waals surface area contributed by atoms with Gasteiger partial charge >= 0.3 is 14.5 Å². The van der Waals surface area contributed by atoms with Crippen LogP contribution in [-0.4, -0.2) is 89.0 Å². The molecule has 2 rings (SSSR count). The van der Waals surface area contributed by atoms with Crippen LogP contribution in [0.25, 0.3) is 0 Å². The molecule has 13 heteroatoms. The molecule has 0 N–H and O–H groups in total. The van der Waals surface area contributed by atoms with E-state index >= 15 is 0 Å². The Morgan fingerprint density at radius 1 is 0.545 bits per heavy atom. The summed E-state index contributed by atoms with van der Waals surface area (Å²) in [6.45, 7) is 17.8. The summed E-state index contributed by atoms with van der Waals surface area (Å²) in [6.07, 6.45) is 11.0. The van der Waals surface area contributed by atoms with Crippen LogP contribution < -0.4 is 0 Å². The molecule has 2 saturated heterocycles. The predicted molar refractivity (Wildman–Crippen MR) is 119 cm³/mol. The van der Waals surface area contributed by atoms with Gasteiger partial charge in [0.1, 0.15) is 0 Å². The molecule has 0 bridgehead atoms. The fourth-order valence-corrected chi connectivity index (χ4v) is 4.81. The first kappa shape index (κ1) is 32.4. The molecular weight excluding hydrogens is 458 g/mol. The molecule has 3 nitrogen and oxygen atoms in total. The molecule has 2 aliphatic heterocycles. The second kappa shape index (κ2) is 16.2. The summed E-state index contributed by atoms with van der Waals surface area (Å²) >= 11 is 0. The first-order valence-electron chi connectivity index (χ1n) is 12.3. The maximum Gasteiger partial charge on any atom is 0.673 e. The fourth-order valence-electron chi connectivity index (χ4n) is 4.81. The van der Waals surface area contributed by atoms with Crippen LogP contribution in [0.1, 0.15) is 65.2 Å². The van der Waals surface area contributed by atoms with E-state index in [1.165, 1.54) is 113 Å². The van der Waals surface area contributed by atoms with Gasteiger partial charge in [-0.15, -0.1) is 0 Å². The standard InChI is InChI=1S/C20H42N2O.2BF4/c1-3-21(13-5-6-14-21)17-9-11-19-23-20-12-10-18-22(4-2)15-7-8-16-22;2*2-1(3,4)5/h3-20H2,1-2H3;;/q+2;2*-1. The lowest BCUT2D eigenvalue weighted by atomic mass is 10.2. The van der Waals surface area contributed by atoms with Crippen LogP contribution in [0.3, 0.4) is 0 Å². The Kier molecular flexibility index (Phi) is 15.9. The zero-order valence-electron chi connectivity index (χ0n) is 20.2. The van der Waals surface area contributed by atoms with Crippen molar-refractivity contribution in [1.82, 2.24) is 0 Å². The normalized spacial score (nSPS) is 19.5. The van der Waals surface area contributed by atoms with E-state index in [0.717, 1.165) is 13.2 Å². The lowest BCUT2D eigenvalue weighted by molar-refractivity contribution is -0.915. The molecule has 200 valence electrons. The first-order chi connectivity index (χ1) is 15.2. The van der Waals surface area contributed by atoms with Crippen LogP contribution in [0.4, 0.5) is 34.5 Å². The molecule has 0 spiro atoms. The van der Waals surface area contributed by atoms with Crippen molar-refractivity contribution in [1.29, 1.82) is 0 Å². The lowest BCUT2D eigenvalue weighted by Crippen LogP contribution is -2.45. The number of hydrogen-bond acceptors (Lipinski definition) is 1. The number of hydrogen-bond donors (Lipinski definition) is 0. The highest BCUT2D eigenvalue weighted by atomic mass is 19.5. The zero-order chi connectivity index (χ0) is 25.4. The van der Waals surface area contributed by atoms with Gasteiger partial charge < -0.3 is 48.2 Å². The van der Waals surface area contributed by atoms with Crippen molar-refractivity contribution in [3.05, 3.63) is 0 Å². The SMILES string of the molecule is CC[N+]1(CCCCOCCCC[N+]2(CC)CCCC2)CCCC1.F[B-](F)(F)F.F[B-](F)(F)F. The Labute approximate surface area is 194 Å². The van der Waals surface area contributed by atoms with E-state index in [0.29, 0.717) is 0 Å². The van der Waals surface area contributed by atoms with E-state index in [2.05, 4.69) is 13.8 Å². The molecule has 0 atom stereocenters. The minimum absolute atomic E-state index is 0.984. The number of nitrogens with zero attached hydrogens (tertiary/aromatic N) is 2. The average molecular weight is 500 g/mol. The van der Waals surface area contributed by atoms with E-state index in [1.807, 2.05) is 0 Å². The third-order valence-electron chi connectivity index (χ3n) is 6.71. The monoisotopic (exact) mass is 500 g/mol. The first-order valence-corrected chi connectivity index (χ1v) is 12.3. The third-order valence-corrected chi connectivity index (χ3v) is 6.71. The number of likely N-dealkylation sites (tertiary alicyclic amines) is 2. The highest BCUT2D eigenvalue weighted by Gasteiger charge is 2.30. The summed E-state index contributed by atoms with van der Waals surface area (Å²) in [5, 5.41) is 0. The van der Waals surface area contributed by atoms with Crippen molar-refractivity contribution in [3.63, 3.8) is 0 Å². The van der Waals surface area contributed by atoms with Gasteiger partial charge in [0.15, 0.2) is 0 Å². The molecular formula is C20H42B2F8N2O. The van der Waals surface area contributed by atoms with Gasteiger partial charge in [-0.05, 0) is 39.5 Å². The molecule has 2 aliphatic rings. The Morgan fingerprint density at radius 2 is 0.818 bits per heavy atom. The van der Waals surface area contributed by atoms with Crippen molar-refractivity contribution in [2.75, 3.05) is 65.6 Å². The van der Waals surface area contributed by atoms with E-state index in [1.54, 1.807) is 0 Å². The van der Waals surface area contributed by atoms with Gasteiger partial charge in [0.2, 0.25) is 0 Å². The number of halogens is 8. The lowest BCUT2D eigenvalue weighted by Gasteiger charge is -2.33. The van der Waals surface area contributed by atoms with Gasteiger partial charge in [-0.1, -0.05) is 0 Å². The largest absolute Gasteiger partial charge is 0.673 e. The fraction of sp³-hybridized carbons (Fsp3) is 1.00. The van der Waals surface area contributed by atoms with E-state index in [-0.39, 0.29) is 0 Å². The average Bonchev–Trinajstić information content (AvgIpc) is 3.35. The van der Waals surface area contributed by atoms with Gasteiger partial charge in [-0.2, -0.15) is 0 Å². The molecule has 2 heterocycles. The van der Waals surface area contributed by atoms with Crippen molar-refractivity contribution < 1.29 is 48.2 Å². The summed E-state index contributed by atoms with van der Waals surface area (Å²) in [5.41, 5.74) is 0. The molecule has 2 fully saturated rings. The van der Waals surface area contributed by atoms with Crippen LogP contribution in [0.15, 0.2) is 0 Å². The van der Waals surface area contributed by atoms with Crippen LogP contribution in [-0.2, 0) is 4.74 Å². The maximum absolute atomic E-state index is 9.75. The van der Waals surface area contributed by atoms with E-state index < -0.39 is 14.5 Å². The molecule has 0 unspecified atom stereocenters. The molecule has 0 saturated carbocycles. The van der Waals surface area contributed by atoms with E-state index in [4.69, 9.17) is 4.74 Å². The van der Waals surface area contributed by atoms with Crippen LogP contribution in [0, 0.1) is 0 Å². The molecule has 0 aromatic heterocycles. The van der Waals surface area contributed by atoms with Gasteiger partial charge in [-0.3, -0.25) is 0 Å². The van der Waals surface area contributed by atoms with Crippen LogP contribution >= 0.6 is 0 Å².